The molecule has 0 radical (unpaired) electrons. The van der Waals surface area contributed by atoms with Crippen molar-refractivity contribution in [3.8, 4) is 17.6 Å². The Labute approximate surface area is 437 Å². The molecule has 4 amide bonds. The lowest BCUT2D eigenvalue weighted by Crippen LogP contribution is -2.55. The number of imide groups is 1. The molecule has 0 unspecified atom stereocenters. The quantitative estimate of drug-likeness (QED) is 0.0847. The predicted octanol–water partition coefficient (Wildman–Crippen LogP) is 9.52. The smallest absolute Gasteiger partial charge is 0.329 e. The fourth-order valence-electron chi connectivity index (χ4n) is 11.9. The predicted molar refractivity (Wildman–Crippen MR) is 286 cm³/mol. The van der Waals surface area contributed by atoms with Crippen molar-refractivity contribution in [2.24, 2.45) is 5.92 Å². The number of benzene rings is 6. The molecule has 13 nitrogen and oxygen atoms in total. The molecule has 380 valence electrons. The average molecular weight is 1000 g/mol. The third-order valence-corrected chi connectivity index (χ3v) is 15.3. The minimum atomic E-state index is -2.03. The van der Waals surface area contributed by atoms with Crippen LogP contribution in [0, 0.1) is 17.8 Å². The maximum absolute atomic E-state index is 16.9. The molecule has 1 aliphatic carbocycles. The molecule has 11 rings (SSSR count). The summed E-state index contributed by atoms with van der Waals surface area (Å²) in [5.41, 5.74) is 4.43. The zero-order chi connectivity index (χ0) is 51.5. The average Bonchev–Trinajstić information content (AvgIpc) is 3.92. The second kappa shape index (κ2) is 21.4. The van der Waals surface area contributed by atoms with E-state index >= 15 is 19.2 Å². The van der Waals surface area contributed by atoms with E-state index in [1.54, 1.807) is 30.3 Å². The molecule has 3 saturated heterocycles. The summed E-state index contributed by atoms with van der Waals surface area (Å²) in [4.78, 5) is 69.5. The topological polar surface area (TPSA) is 150 Å². The number of fused-ring (bicyclic) bond motifs is 3. The van der Waals surface area contributed by atoms with Gasteiger partial charge in [0, 0.05) is 30.0 Å². The molecule has 13 heteroatoms. The largest absolute Gasteiger partial charge is 0.491 e. The molecule has 3 N–H and O–H groups in total. The molecule has 3 fully saturated rings. The van der Waals surface area contributed by atoms with Gasteiger partial charge in [-0.3, -0.25) is 19.3 Å². The molecule has 1 spiro atoms. The number of aliphatic hydroxyl groups excluding tert-OH is 1. The Bertz CT molecular complexity index is 3170. The molecule has 0 bridgehead atoms. The summed E-state index contributed by atoms with van der Waals surface area (Å²) < 4.78 is 18.4. The standard InChI is InChI=1S/C62H59N5O8/c1-41(44-17-8-3-9-18-44)63-61(72)66-52-32-27-43(26-25-42-15-6-2-7-16-42)39-51(52)62(60(66)71)53(58(69)64-48-28-30-49(31-29-48)65-33-36-73-37-34-65)55-59(70)75-56(46-21-12-5-13-22-46)54(45-19-10-4-11-20-45)67(55)57(62)47-23-14-24-50(40-47)74-38-35-68/h3-5,8-15,17-24,27-32,39-41,53-57,68H,2,6-7,16,33-38H2,1H3,(H,63,72)(H,64,69)/t41-,53-,54-,55-,56+,57+,62-/m1/s1. The first-order valence-corrected chi connectivity index (χ1v) is 25.9. The Hall–Kier alpha value is -8.02. The minimum absolute atomic E-state index is 0.0101. The molecule has 75 heavy (non-hydrogen) atoms. The summed E-state index contributed by atoms with van der Waals surface area (Å²) in [5, 5.41) is 16.2. The van der Waals surface area contributed by atoms with Crippen molar-refractivity contribution in [3.63, 3.8) is 0 Å². The van der Waals surface area contributed by atoms with E-state index in [4.69, 9.17) is 14.2 Å². The molecule has 6 aromatic rings. The van der Waals surface area contributed by atoms with E-state index in [1.165, 1.54) is 0 Å². The number of anilines is 3. The maximum atomic E-state index is 16.9. The van der Waals surface area contributed by atoms with Crippen LogP contribution in [0.2, 0.25) is 0 Å². The Balaban J connectivity index is 1.17. The number of urea groups is 1. The lowest BCUT2D eigenvalue weighted by atomic mass is 9.65. The van der Waals surface area contributed by atoms with Crippen molar-refractivity contribution in [2.75, 3.05) is 54.6 Å². The normalized spacial score (nSPS) is 23.5. The molecule has 4 aliphatic heterocycles. The molecule has 6 aromatic carbocycles. The number of aliphatic hydroxyl groups is 1. The summed E-state index contributed by atoms with van der Waals surface area (Å²) in [6.07, 6.45) is 5.17. The number of allylic oxidation sites excluding steroid dienone is 2. The highest BCUT2D eigenvalue weighted by Crippen LogP contribution is 2.66. The van der Waals surface area contributed by atoms with Crippen LogP contribution >= 0.6 is 0 Å². The van der Waals surface area contributed by atoms with Gasteiger partial charge in [0.05, 0.1) is 49.6 Å². The Morgan fingerprint density at radius 1 is 0.787 bits per heavy atom. The minimum Gasteiger partial charge on any atom is -0.491 e. The number of hydrogen-bond acceptors (Lipinski definition) is 10. The van der Waals surface area contributed by atoms with Gasteiger partial charge >= 0.3 is 12.0 Å². The summed E-state index contributed by atoms with van der Waals surface area (Å²) in [6, 6.07) is 44.2. The van der Waals surface area contributed by atoms with E-state index in [2.05, 4.69) is 33.5 Å². The molecular formula is C62H59N5O8. The highest BCUT2D eigenvalue weighted by molar-refractivity contribution is 6.25. The third kappa shape index (κ3) is 9.35. The van der Waals surface area contributed by atoms with E-state index in [0.717, 1.165) is 66.1 Å². The van der Waals surface area contributed by atoms with Crippen LogP contribution < -0.4 is 25.2 Å². The number of nitrogens with one attached hydrogen (secondary N) is 2. The third-order valence-electron chi connectivity index (χ3n) is 15.3. The van der Waals surface area contributed by atoms with Crippen LogP contribution in [0.5, 0.6) is 5.75 Å². The fraction of sp³-hybridized carbons (Fsp3) is 0.290. The number of cyclic esters (lactones) is 1. The number of ether oxygens (including phenoxy) is 3. The number of hydrogen-bond donors (Lipinski definition) is 3. The maximum Gasteiger partial charge on any atom is 0.329 e. The van der Waals surface area contributed by atoms with Gasteiger partial charge in [0.1, 0.15) is 29.9 Å². The second-order valence-electron chi connectivity index (χ2n) is 19.7. The van der Waals surface area contributed by atoms with E-state index in [-0.39, 0.29) is 18.9 Å². The van der Waals surface area contributed by atoms with Gasteiger partial charge in [-0.25, -0.2) is 9.69 Å². The Morgan fingerprint density at radius 2 is 1.49 bits per heavy atom. The van der Waals surface area contributed by atoms with Gasteiger partial charge in [0.25, 0.3) is 0 Å². The molecular weight excluding hydrogens is 943 g/mol. The van der Waals surface area contributed by atoms with Crippen molar-refractivity contribution in [1.29, 1.82) is 0 Å². The van der Waals surface area contributed by atoms with Gasteiger partial charge in [0.2, 0.25) is 11.8 Å². The van der Waals surface area contributed by atoms with Crippen molar-refractivity contribution >= 4 is 40.9 Å². The van der Waals surface area contributed by atoms with Gasteiger partial charge < -0.3 is 34.9 Å². The number of carbonyl (C=O) groups is 4. The van der Waals surface area contributed by atoms with Crippen LogP contribution in [0.3, 0.4) is 0 Å². The molecule has 0 saturated carbocycles. The second-order valence-corrected chi connectivity index (χ2v) is 19.7. The van der Waals surface area contributed by atoms with Crippen LogP contribution in [-0.4, -0.2) is 79.4 Å². The molecule has 0 aromatic heterocycles. The van der Waals surface area contributed by atoms with Crippen LogP contribution in [0.25, 0.3) is 0 Å². The molecule has 5 aliphatic rings. The van der Waals surface area contributed by atoms with Gasteiger partial charge in [-0.05, 0) is 121 Å². The number of nitrogens with zero attached hydrogens (tertiary/aromatic N) is 3. The van der Waals surface area contributed by atoms with Gasteiger partial charge in [0.15, 0.2) is 0 Å². The lowest BCUT2D eigenvalue weighted by molar-refractivity contribution is -0.177. The van der Waals surface area contributed by atoms with Crippen LogP contribution in [0.15, 0.2) is 169 Å². The van der Waals surface area contributed by atoms with Crippen molar-refractivity contribution in [1.82, 2.24) is 10.2 Å². The van der Waals surface area contributed by atoms with Crippen LogP contribution in [0.1, 0.15) is 90.2 Å². The zero-order valence-corrected chi connectivity index (χ0v) is 41.8. The first-order valence-electron chi connectivity index (χ1n) is 25.9. The monoisotopic (exact) mass is 1000 g/mol. The van der Waals surface area contributed by atoms with Crippen molar-refractivity contribution in [2.45, 2.75) is 68.3 Å². The van der Waals surface area contributed by atoms with E-state index in [9.17, 15) is 5.11 Å². The lowest BCUT2D eigenvalue weighted by Gasteiger charge is -2.46. The number of amides is 4. The number of esters is 1. The SMILES string of the molecule is C[C@@H](NC(=O)N1C(=O)[C@@]2(c3cc(C#CC4=CCCCC4)ccc31)[C@H](c1cccc(OCCO)c1)N1[C@H](c3ccccc3)[C@H](c3ccccc3)OC(=O)[C@H]1[C@@H]2C(=O)Nc1ccc(N2CCOCC2)cc1)c1ccccc1. The molecule has 7 atom stereocenters. The first kappa shape index (κ1) is 49.2. The van der Waals surface area contributed by atoms with Gasteiger partial charge in [-0.1, -0.05) is 121 Å². The van der Waals surface area contributed by atoms with E-state index in [1.807, 2.05) is 139 Å². The van der Waals surface area contributed by atoms with Crippen molar-refractivity contribution < 1.29 is 38.5 Å². The zero-order valence-electron chi connectivity index (χ0n) is 41.8. The van der Waals surface area contributed by atoms with Crippen molar-refractivity contribution in [3.05, 3.63) is 203 Å². The van der Waals surface area contributed by atoms with E-state index < -0.39 is 65.4 Å². The van der Waals surface area contributed by atoms with E-state index in [0.29, 0.717) is 46.9 Å². The summed E-state index contributed by atoms with van der Waals surface area (Å²) in [6.45, 7) is 4.23. The fourth-order valence-corrected chi connectivity index (χ4v) is 11.9. The van der Waals surface area contributed by atoms with Gasteiger partial charge in [-0.15, -0.1) is 0 Å². The number of carbonyl (C=O) groups excluding carboxylic acids is 4. The highest BCUT2D eigenvalue weighted by Gasteiger charge is 2.75. The van der Waals surface area contributed by atoms with Gasteiger partial charge in [-0.2, -0.15) is 0 Å². The Kier molecular flexibility index (Phi) is 14.1. The number of morpholine rings is 2. The Morgan fingerprint density at radius 3 is 2.20 bits per heavy atom. The molecule has 4 heterocycles. The highest BCUT2D eigenvalue weighted by atomic mass is 16.6. The van der Waals surface area contributed by atoms with Crippen LogP contribution in [0.4, 0.5) is 21.9 Å². The summed E-state index contributed by atoms with van der Waals surface area (Å²) in [5.74, 6) is 3.63. The number of rotatable bonds is 11. The first-order chi connectivity index (χ1) is 36.7. The van der Waals surface area contributed by atoms with Crippen LogP contribution in [-0.2, 0) is 29.3 Å². The summed E-state index contributed by atoms with van der Waals surface area (Å²) in [7, 11) is 0. The summed E-state index contributed by atoms with van der Waals surface area (Å²) >= 11 is 0.